The summed E-state index contributed by atoms with van der Waals surface area (Å²) in [6, 6.07) is 0. The molecule has 0 aromatic carbocycles. The zero-order valence-corrected chi connectivity index (χ0v) is 10.9. The standard InChI is InChI=1S/C13H14N2O5/c1-2-20-13(19)14-4-3-7-6-15-11-8(16)5-9(17)12(18)10(7)11/h5-6,15-16H,2-4H2,1H3,(H,14,19)/i18+2. The quantitative estimate of drug-likeness (QED) is 0.562. The number of ether oxygens (including phenoxy) is 1. The summed E-state index contributed by atoms with van der Waals surface area (Å²) >= 11 is 0. The molecule has 1 amide bonds. The smallest absolute Gasteiger partial charge is 0.407 e. The zero-order chi connectivity index (χ0) is 14.7. The van der Waals surface area contributed by atoms with Crippen LogP contribution < -0.4 is 5.32 Å². The predicted molar refractivity (Wildman–Crippen MR) is 69.5 cm³/mol. The Morgan fingerprint density at radius 1 is 1.55 bits per heavy atom. The van der Waals surface area contributed by atoms with E-state index in [1.54, 1.807) is 6.92 Å². The van der Waals surface area contributed by atoms with Gasteiger partial charge in [0.15, 0.2) is 0 Å². The van der Waals surface area contributed by atoms with Gasteiger partial charge >= 0.3 is 6.09 Å². The Morgan fingerprint density at radius 2 is 2.30 bits per heavy atom. The maximum Gasteiger partial charge on any atom is 0.407 e. The Balaban J connectivity index is 2.09. The number of fused-ring (bicyclic) bond motifs is 1. The third kappa shape index (κ3) is 2.56. The van der Waals surface area contributed by atoms with Crippen molar-refractivity contribution in [2.24, 2.45) is 0 Å². The number of hydrogen-bond acceptors (Lipinski definition) is 5. The largest absolute Gasteiger partial charge is 0.506 e. The molecule has 0 atom stereocenters. The maximum atomic E-state index is 11.8. The molecule has 0 unspecified atom stereocenters. The van der Waals surface area contributed by atoms with Crippen molar-refractivity contribution in [1.29, 1.82) is 0 Å². The van der Waals surface area contributed by atoms with Crippen molar-refractivity contribution in [3.63, 3.8) is 0 Å². The predicted octanol–water partition coefficient (Wildman–Crippen LogP) is 0.968. The molecule has 1 aliphatic rings. The zero-order valence-electron chi connectivity index (χ0n) is 10.9. The van der Waals surface area contributed by atoms with Gasteiger partial charge in [-0.1, -0.05) is 0 Å². The molecule has 0 saturated heterocycles. The van der Waals surface area contributed by atoms with Crippen molar-refractivity contribution in [2.75, 3.05) is 13.2 Å². The molecule has 2 rings (SSSR count). The van der Waals surface area contributed by atoms with Crippen LogP contribution in [0.1, 0.15) is 28.5 Å². The molecule has 3 N–H and O–H groups in total. The summed E-state index contributed by atoms with van der Waals surface area (Å²) in [5.41, 5.74) is 0.969. The lowest BCUT2D eigenvalue weighted by atomic mass is 9.96. The Morgan fingerprint density at radius 3 is 3.00 bits per heavy atom. The van der Waals surface area contributed by atoms with Crippen molar-refractivity contribution in [3.05, 3.63) is 29.1 Å². The summed E-state index contributed by atoms with van der Waals surface area (Å²) < 4.78 is 4.70. The van der Waals surface area contributed by atoms with Gasteiger partial charge in [-0.15, -0.1) is 0 Å². The molecule has 0 radical (unpaired) electrons. The van der Waals surface area contributed by atoms with Crippen molar-refractivity contribution < 1.29 is 24.2 Å². The van der Waals surface area contributed by atoms with Gasteiger partial charge < -0.3 is 20.1 Å². The van der Waals surface area contributed by atoms with E-state index in [1.807, 2.05) is 0 Å². The molecule has 7 heteroatoms. The summed E-state index contributed by atoms with van der Waals surface area (Å²) in [6.45, 7) is 2.23. The summed E-state index contributed by atoms with van der Waals surface area (Å²) in [7, 11) is 0. The molecule has 7 nitrogen and oxygen atoms in total. The number of rotatable bonds is 4. The number of aliphatic hydroxyl groups excluding tert-OH is 1. The first kappa shape index (κ1) is 13.9. The van der Waals surface area contributed by atoms with Crippen LogP contribution >= 0.6 is 0 Å². The molecular weight excluding hydrogens is 266 g/mol. The van der Waals surface area contributed by atoms with Crippen LogP contribution in [0.2, 0.25) is 0 Å². The number of H-pyrrole nitrogens is 1. The van der Waals surface area contributed by atoms with E-state index < -0.39 is 17.7 Å². The SMILES string of the molecule is CCOC(=O)NCCc1c[nH]c2c1C(=[18O])C(=O)C=C2O. The van der Waals surface area contributed by atoms with Gasteiger partial charge in [-0.25, -0.2) is 4.79 Å². The topological polar surface area (TPSA) is 108 Å². The van der Waals surface area contributed by atoms with Crippen molar-refractivity contribution in [3.8, 4) is 0 Å². The lowest BCUT2D eigenvalue weighted by molar-refractivity contribution is -0.111. The molecule has 1 heterocycles. The molecule has 0 bridgehead atoms. The van der Waals surface area contributed by atoms with Crippen molar-refractivity contribution in [2.45, 2.75) is 13.3 Å². The number of allylic oxidation sites excluding steroid dienone is 1. The molecule has 1 aromatic rings. The van der Waals surface area contributed by atoms with Gasteiger partial charge in [-0.05, 0) is 18.9 Å². The molecule has 0 saturated carbocycles. The molecule has 0 aliphatic heterocycles. The van der Waals surface area contributed by atoms with Crippen LogP contribution in [0.5, 0.6) is 0 Å². The highest BCUT2D eigenvalue weighted by Gasteiger charge is 2.29. The number of ketones is 2. The van der Waals surface area contributed by atoms with E-state index in [4.69, 9.17) is 4.74 Å². The van der Waals surface area contributed by atoms with Crippen LogP contribution in [0.4, 0.5) is 4.79 Å². The fourth-order valence-electron chi connectivity index (χ4n) is 1.99. The molecular formula is C13H14N2O5. The number of hydrogen-bond donors (Lipinski definition) is 3. The minimum atomic E-state index is -0.755. The van der Waals surface area contributed by atoms with Crippen LogP contribution in [-0.2, 0) is 16.0 Å². The van der Waals surface area contributed by atoms with E-state index in [9.17, 15) is 19.5 Å². The minimum absolute atomic E-state index is 0.167. The fraction of sp³-hybridized carbons (Fsp3) is 0.308. The van der Waals surface area contributed by atoms with Gasteiger partial charge in [0.25, 0.3) is 0 Å². The number of aromatic nitrogens is 1. The fourth-order valence-corrected chi connectivity index (χ4v) is 1.99. The van der Waals surface area contributed by atoms with Crippen LogP contribution in [0.25, 0.3) is 5.76 Å². The van der Waals surface area contributed by atoms with E-state index in [2.05, 4.69) is 10.3 Å². The second kappa shape index (κ2) is 5.60. The minimum Gasteiger partial charge on any atom is -0.506 e. The van der Waals surface area contributed by atoms with E-state index in [-0.39, 0.29) is 30.2 Å². The molecule has 1 aliphatic carbocycles. The number of nitrogens with one attached hydrogen (secondary N) is 2. The first-order valence-corrected chi connectivity index (χ1v) is 6.15. The first-order valence-electron chi connectivity index (χ1n) is 6.15. The van der Waals surface area contributed by atoms with E-state index in [1.165, 1.54) is 6.20 Å². The second-order valence-electron chi connectivity index (χ2n) is 4.18. The summed E-state index contributed by atoms with van der Waals surface area (Å²) in [5, 5.41) is 12.1. The number of alkyl carbamates (subject to hydrolysis) is 1. The third-order valence-corrected chi connectivity index (χ3v) is 2.88. The highest BCUT2D eigenvalue weighted by Crippen LogP contribution is 2.25. The Bertz CT molecular complexity index is 600. The molecule has 1 aromatic heterocycles. The number of amides is 1. The highest BCUT2D eigenvalue weighted by atomic mass is 18.1. The number of Topliss-reactive ketones (excluding diaryl/α,β-unsaturated/α-hetero) is 1. The van der Waals surface area contributed by atoms with Gasteiger partial charge in [0, 0.05) is 18.8 Å². The molecule has 0 fully saturated rings. The highest BCUT2D eigenvalue weighted by molar-refractivity contribution is 6.50. The van der Waals surface area contributed by atoms with E-state index >= 15 is 0 Å². The van der Waals surface area contributed by atoms with Gasteiger partial charge in [-0.2, -0.15) is 0 Å². The van der Waals surface area contributed by atoms with Crippen molar-refractivity contribution in [1.82, 2.24) is 10.3 Å². The van der Waals surface area contributed by atoms with Gasteiger partial charge in [0.1, 0.15) is 5.76 Å². The van der Waals surface area contributed by atoms with Gasteiger partial charge in [-0.3, -0.25) is 9.59 Å². The Hall–Kier alpha value is -2.57. The maximum absolute atomic E-state index is 11.8. The average Bonchev–Trinajstić information content (AvgIpc) is 2.81. The number of carbonyl (C=O) groups excluding carboxylic acids is 3. The van der Waals surface area contributed by atoms with Crippen LogP contribution in [-0.4, -0.2) is 40.9 Å². The Kier molecular flexibility index (Phi) is 3.88. The second-order valence-corrected chi connectivity index (χ2v) is 4.18. The van der Waals surface area contributed by atoms with Crippen molar-refractivity contribution >= 4 is 23.4 Å². The van der Waals surface area contributed by atoms with E-state index in [0.717, 1.165) is 6.08 Å². The molecule has 0 spiro atoms. The van der Waals surface area contributed by atoms with Crippen LogP contribution in [0, 0.1) is 0 Å². The molecule has 106 valence electrons. The average molecular weight is 280 g/mol. The van der Waals surface area contributed by atoms with E-state index in [0.29, 0.717) is 12.0 Å². The van der Waals surface area contributed by atoms with Gasteiger partial charge in [0.05, 0.1) is 17.9 Å². The number of aliphatic hydroxyl groups is 1. The lowest BCUT2D eigenvalue weighted by Gasteiger charge is -2.09. The Labute approximate surface area is 114 Å². The summed E-state index contributed by atoms with van der Waals surface area (Å²) in [5.74, 6) is -1.67. The summed E-state index contributed by atoms with van der Waals surface area (Å²) in [6.07, 6.45) is 2.23. The first-order chi connectivity index (χ1) is 9.54. The summed E-state index contributed by atoms with van der Waals surface area (Å²) in [4.78, 5) is 37.1. The van der Waals surface area contributed by atoms with Crippen LogP contribution in [0.15, 0.2) is 12.3 Å². The van der Waals surface area contributed by atoms with Crippen LogP contribution in [0.3, 0.4) is 0 Å². The normalized spacial score (nSPS) is 13.8. The number of aromatic amines is 1. The number of carbonyl (C=O) groups is 3. The monoisotopic (exact) mass is 280 g/mol. The molecule has 20 heavy (non-hydrogen) atoms. The lowest BCUT2D eigenvalue weighted by Crippen LogP contribution is -2.27. The van der Waals surface area contributed by atoms with Gasteiger partial charge in [0.2, 0.25) is 11.6 Å². The third-order valence-electron chi connectivity index (χ3n) is 2.88.